The molecule has 0 N–H and O–H groups in total. The second kappa shape index (κ2) is 7.09. The topological polar surface area (TPSA) is 31.4 Å². The first-order chi connectivity index (χ1) is 11.6. The van der Waals surface area contributed by atoms with Crippen LogP contribution in [0.25, 0.3) is 10.9 Å². The lowest BCUT2D eigenvalue weighted by molar-refractivity contribution is 0.356. The van der Waals surface area contributed by atoms with Crippen molar-refractivity contribution in [2.45, 2.75) is 17.7 Å². The average Bonchev–Trinajstić information content (AvgIpc) is 2.60. The molecule has 1 heterocycles. The molecule has 1 aromatic heterocycles. The number of hydrogen-bond donors (Lipinski definition) is 0. The summed E-state index contributed by atoms with van der Waals surface area (Å²) >= 11 is 1.64. The maximum atomic E-state index is 13.0. The Kier molecular flexibility index (Phi) is 4.90. The third kappa shape index (κ3) is 3.46. The maximum absolute atomic E-state index is 13.0. The lowest BCUT2D eigenvalue weighted by Crippen LogP contribution is -1.94. The predicted octanol–water partition coefficient (Wildman–Crippen LogP) is 4.99. The summed E-state index contributed by atoms with van der Waals surface area (Å²) in [6, 6.07) is 12.5. The summed E-state index contributed by atoms with van der Waals surface area (Å²) in [4.78, 5) is 4.74. The molecule has 0 aliphatic heterocycles. The number of fused-ring (bicyclic) bond motifs is 1. The van der Waals surface area contributed by atoms with Gasteiger partial charge in [0.2, 0.25) is 0 Å². The molecule has 0 saturated carbocycles. The van der Waals surface area contributed by atoms with Crippen LogP contribution >= 0.6 is 11.8 Å². The Morgan fingerprint density at radius 2 is 1.67 bits per heavy atom. The monoisotopic (exact) mass is 343 g/mol. The van der Waals surface area contributed by atoms with Crippen molar-refractivity contribution < 1.29 is 13.9 Å². The molecule has 0 aliphatic rings. The second-order valence-electron chi connectivity index (χ2n) is 5.43. The van der Waals surface area contributed by atoms with E-state index in [4.69, 9.17) is 14.5 Å². The van der Waals surface area contributed by atoms with E-state index in [0.29, 0.717) is 11.5 Å². The number of rotatable bonds is 5. The van der Waals surface area contributed by atoms with E-state index >= 15 is 0 Å². The van der Waals surface area contributed by atoms with Gasteiger partial charge < -0.3 is 9.47 Å². The van der Waals surface area contributed by atoms with Gasteiger partial charge in [-0.25, -0.2) is 9.37 Å². The first-order valence-corrected chi connectivity index (χ1v) is 8.50. The molecule has 2 aromatic carbocycles. The molecule has 0 unspecified atom stereocenters. The van der Waals surface area contributed by atoms with Crippen molar-refractivity contribution in [3.8, 4) is 11.5 Å². The molecule has 0 aliphatic carbocycles. The summed E-state index contributed by atoms with van der Waals surface area (Å²) in [5.41, 5.74) is 3.02. The van der Waals surface area contributed by atoms with Crippen LogP contribution in [0, 0.1) is 12.7 Å². The van der Waals surface area contributed by atoms with Gasteiger partial charge in [-0.3, -0.25) is 0 Å². The van der Waals surface area contributed by atoms with Crippen LogP contribution < -0.4 is 9.47 Å². The SMILES string of the molecule is COc1cc2cc(C)c(SCc3ccc(F)cc3)nc2cc1OC. The summed E-state index contributed by atoms with van der Waals surface area (Å²) in [5, 5.41) is 1.97. The first kappa shape index (κ1) is 16.6. The fourth-order valence-corrected chi connectivity index (χ4v) is 3.41. The maximum Gasteiger partial charge on any atom is 0.162 e. The third-order valence-electron chi connectivity index (χ3n) is 3.75. The highest BCUT2D eigenvalue weighted by Crippen LogP contribution is 2.34. The molecule has 3 nitrogen and oxygen atoms in total. The molecule has 0 bridgehead atoms. The van der Waals surface area contributed by atoms with Crippen molar-refractivity contribution in [1.29, 1.82) is 0 Å². The van der Waals surface area contributed by atoms with E-state index in [1.54, 1.807) is 38.1 Å². The number of aromatic nitrogens is 1. The highest BCUT2D eigenvalue weighted by Gasteiger charge is 2.10. The van der Waals surface area contributed by atoms with Crippen molar-refractivity contribution >= 4 is 22.7 Å². The zero-order valence-electron chi connectivity index (χ0n) is 13.8. The van der Waals surface area contributed by atoms with E-state index < -0.39 is 0 Å². The lowest BCUT2D eigenvalue weighted by atomic mass is 10.1. The quantitative estimate of drug-likeness (QED) is 0.611. The van der Waals surface area contributed by atoms with Crippen molar-refractivity contribution in [3.63, 3.8) is 0 Å². The number of hydrogen-bond acceptors (Lipinski definition) is 4. The van der Waals surface area contributed by atoms with Crippen LogP contribution in [0.15, 0.2) is 47.5 Å². The van der Waals surface area contributed by atoms with Crippen molar-refractivity contribution in [1.82, 2.24) is 4.98 Å². The largest absolute Gasteiger partial charge is 0.493 e. The Labute approximate surface area is 144 Å². The molecule has 0 amide bonds. The molecule has 0 fully saturated rings. The van der Waals surface area contributed by atoms with Gasteiger partial charge in [0.15, 0.2) is 11.5 Å². The molecule has 0 saturated heterocycles. The fraction of sp³-hybridized carbons (Fsp3) is 0.211. The van der Waals surface area contributed by atoms with Crippen LogP contribution in [0.3, 0.4) is 0 Å². The van der Waals surface area contributed by atoms with Crippen LogP contribution in [0.1, 0.15) is 11.1 Å². The third-order valence-corrected chi connectivity index (χ3v) is 4.92. The zero-order chi connectivity index (χ0) is 17.1. The molecular formula is C19H18FNO2S. The van der Waals surface area contributed by atoms with Gasteiger partial charge in [0.25, 0.3) is 0 Å². The van der Waals surface area contributed by atoms with Gasteiger partial charge in [-0.2, -0.15) is 0 Å². The number of pyridine rings is 1. The van der Waals surface area contributed by atoms with E-state index in [9.17, 15) is 4.39 Å². The van der Waals surface area contributed by atoms with Gasteiger partial charge in [0, 0.05) is 17.2 Å². The predicted molar refractivity (Wildman–Crippen MR) is 95.5 cm³/mol. The number of ether oxygens (including phenoxy) is 2. The van der Waals surface area contributed by atoms with E-state index in [2.05, 4.69) is 6.07 Å². The number of aryl methyl sites for hydroxylation is 1. The summed E-state index contributed by atoms with van der Waals surface area (Å²) in [7, 11) is 3.24. The summed E-state index contributed by atoms with van der Waals surface area (Å²) in [6.45, 7) is 2.04. The molecular weight excluding hydrogens is 325 g/mol. The number of benzene rings is 2. The standard InChI is InChI=1S/C19H18FNO2S/c1-12-8-14-9-17(22-2)18(23-3)10-16(14)21-19(12)24-11-13-4-6-15(20)7-5-13/h4-10H,11H2,1-3H3. The zero-order valence-corrected chi connectivity index (χ0v) is 14.6. The fourth-order valence-electron chi connectivity index (χ4n) is 2.47. The van der Waals surface area contributed by atoms with Crippen LogP contribution in [0.2, 0.25) is 0 Å². The highest BCUT2D eigenvalue weighted by molar-refractivity contribution is 7.98. The summed E-state index contributed by atoms with van der Waals surface area (Å²) < 4.78 is 23.7. The van der Waals surface area contributed by atoms with E-state index in [1.165, 1.54) is 12.1 Å². The van der Waals surface area contributed by atoms with E-state index in [1.807, 2.05) is 19.1 Å². The Hall–Kier alpha value is -2.27. The van der Waals surface area contributed by atoms with Crippen molar-refractivity contribution in [2.24, 2.45) is 0 Å². The molecule has 0 radical (unpaired) electrons. The molecule has 3 aromatic rings. The summed E-state index contributed by atoms with van der Waals surface area (Å²) in [6.07, 6.45) is 0. The van der Waals surface area contributed by atoms with Gasteiger partial charge in [-0.1, -0.05) is 12.1 Å². The number of nitrogens with zero attached hydrogens (tertiary/aromatic N) is 1. The Morgan fingerprint density at radius 1 is 1.00 bits per heavy atom. The number of halogens is 1. The van der Waals surface area contributed by atoms with Gasteiger partial charge in [0.1, 0.15) is 5.82 Å². The lowest BCUT2D eigenvalue weighted by Gasteiger charge is -2.11. The minimum absolute atomic E-state index is 0.218. The molecule has 3 rings (SSSR count). The molecule has 0 spiro atoms. The van der Waals surface area contributed by atoms with Crippen LogP contribution in [0.5, 0.6) is 11.5 Å². The van der Waals surface area contributed by atoms with Gasteiger partial charge in [0.05, 0.1) is 24.8 Å². The second-order valence-corrected chi connectivity index (χ2v) is 6.39. The molecule has 124 valence electrons. The minimum atomic E-state index is -0.218. The Bertz CT molecular complexity index is 865. The first-order valence-electron chi connectivity index (χ1n) is 7.51. The van der Waals surface area contributed by atoms with Crippen LogP contribution in [0.4, 0.5) is 4.39 Å². The molecule has 0 atom stereocenters. The van der Waals surface area contributed by atoms with Crippen LogP contribution in [-0.2, 0) is 5.75 Å². The molecule has 24 heavy (non-hydrogen) atoms. The number of methoxy groups -OCH3 is 2. The minimum Gasteiger partial charge on any atom is -0.493 e. The average molecular weight is 343 g/mol. The molecule has 5 heteroatoms. The van der Waals surface area contributed by atoms with Crippen molar-refractivity contribution in [2.75, 3.05) is 14.2 Å². The Morgan fingerprint density at radius 3 is 2.33 bits per heavy atom. The number of thioether (sulfide) groups is 1. The summed E-state index contributed by atoms with van der Waals surface area (Å²) in [5.74, 6) is 1.88. The van der Waals surface area contributed by atoms with E-state index in [-0.39, 0.29) is 5.82 Å². The van der Waals surface area contributed by atoms with Gasteiger partial charge in [-0.05, 0) is 42.3 Å². The van der Waals surface area contributed by atoms with E-state index in [0.717, 1.165) is 32.8 Å². The van der Waals surface area contributed by atoms with Gasteiger partial charge in [-0.15, -0.1) is 11.8 Å². The van der Waals surface area contributed by atoms with Crippen LogP contribution in [-0.4, -0.2) is 19.2 Å². The Balaban J connectivity index is 1.90. The van der Waals surface area contributed by atoms with Crippen molar-refractivity contribution in [3.05, 3.63) is 59.4 Å². The van der Waals surface area contributed by atoms with Gasteiger partial charge >= 0.3 is 0 Å². The highest BCUT2D eigenvalue weighted by atomic mass is 32.2. The smallest absolute Gasteiger partial charge is 0.162 e. The normalized spacial score (nSPS) is 10.8.